The van der Waals surface area contributed by atoms with Crippen molar-refractivity contribution in [3.8, 4) is 11.3 Å². The van der Waals surface area contributed by atoms with E-state index >= 15 is 0 Å². The van der Waals surface area contributed by atoms with Crippen LogP contribution in [0.15, 0.2) is 83.3 Å². The van der Waals surface area contributed by atoms with Crippen molar-refractivity contribution in [1.82, 2.24) is 10.4 Å². The Morgan fingerprint density at radius 3 is 2.42 bits per heavy atom. The van der Waals surface area contributed by atoms with Crippen molar-refractivity contribution >= 4 is 45.9 Å². The zero-order valence-corrected chi connectivity index (χ0v) is 18.2. The van der Waals surface area contributed by atoms with Gasteiger partial charge in [-0.25, -0.2) is 10.4 Å². The summed E-state index contributed by atoms with van der Waals surface area (Å²) in [5, 5.41) is 10.7. The molecule has 1 heterocycles. The van der Waals surface area contributed by atoms with E-state index in [-0.39, 0.29) is 5.91 Å². The second-order valence-electron chi connectivity index (χ2n) is 6.86. The van der Waals surface area contributed by atoms with Crippen molar-refractivity contribution in [1.29, 1.82) is 0 Å². The molecule has 2 N–H and O–H groups in total. The Labute approximate surface area is 189 Å². The van der Waals surface area contributed by atoms with E-state index in [4.69, 9.17) is 11.6 Å². The zero-order valence-electron chi connectivity index (χ0n) is 16.7. The number of aryl methyl sites for hydroxylation is 1. The van der Waals surface area contributed by atoms with Crippen LogP contribution in [0, 0.1) is 6.92 Å². The molecule has 5 nitrogen and oxygen atoms in total. The average molecular weight is 447 g/mol. The van der Waals surface area contributed by atoms with Gasteiger partial charge in [-0.15, -0.1) is 11.3 Å². The van der Waals surface area contributed by atoms with Crippen molar-refractivity contribution in [2.24, 2.45) is 5.10 Å². The maximum Gasteiger partial charge on any atom is 0.271 e. The first-order valence-electron chi connectivity index (χ1n) is 9.55. The van der Waals surface area contributed by atoms with Crippen LogP contribution in [0.2, 0.25) is 5.02 Å². The van der Waals surface area contributed by atoms with Crippen LogP contribution in [0.4, 0.5) is 10.8 Å². The third kappa shape index (κ3) is 5.57. The molecule has 0 aliphatic carbocycles. The predicted molar refractivity (Wildman–Crippen MR) is 129 cm³/mol. The van der Waals surface area contributed by atoms with Gasteiger partial charge in [0.1, 0.15) is 0 Å². The highest BCUT2D eigenvalue weighted by molar-refractivity contribution is 7.14. The Bertz CT molecular complexity index is 1200. The van der Waals surface area contributed by atoms with Gasteiger partial charge in [0.25, 0.3) is 5.91 Å². The number of carbonyl (C=O) groups is 1. The van der Waals surface area contributed by atoms with Gasteiger partial charge < -0.3 is 5.32 Å². The number of nitrogens with one attached hydrogen (secondary N) is 2. The third-order valence-corrected chi connectivity index (χ3v) is 5.51. The number of amides is 1. The van der Waals surface area contributed by atoms with Crippen molar-refractivity contribution in [2.45, 2.75) is 6.92 Å². The molecular formula is C24H19ClN4OS. The summed E-state index contributed by atoms with van der Waals surface area (Å²) >= 11 is 7.43. The minimum Gasteiger partial charge on any atom is -0.332 e. The molecule has 4 aromatic rings. The first-order chi connectivity index (χ1) is 15.1. The first kappa shape index (κ1) is 20.8. The lowest BCUT2D eigenvalue weighted by Crippen LogP contribution is -2.17. The molecule has 31 heavy (non-hydrogen) atoms. The van der Waals surface area contributed by atoms with Crippen LogP contribution in [-0.4, -0.2) is 17.1 Å². The van der Waals surface area contributed by atoms with Crippen molar-refractivity contribution in [2.75, 3.05) is 5.32 Å². The summed E-state index contributed by atoms with van der Waals surface area (Å²) in [7, 11) is 0. The van der Waals surface area contributed by atoms with Crippen molar-refractivity contribution in [3.63, 3.8) is 0 Å². The number of thiazole rings is 1. The number of anilines is 2. The normalized spacial score (nSPS) is 10.9. The molecule has 0 fully saturated rings. The molecule has 1 amide bonds. The van der Waals surface area contributed by atoms with E-state index in [0.29, 0.717) is 10.6 Å². The molecule has 0 atom stereocenters. The number of hydrogen-bond donors (Lipinski definition) is 2. The van der Waals surface area contributed by atoms with Crippen LogP contribution < -0.4 is 10.7 Å². The fourth-order valence-corrected chi connectivity index (χ4v) is 3.66. The van der Waals surface area contributed by atoms with Gasteiger partial charge in [-0.05, 0) is 48.9 Å². The number of carbonyl (C=O) groups excluding carboxylic acids is 1. The van der Waals surface area contributed by atoms with Crippen LogP contribution >= 0.6 is 22.9 Å². The Morgan fingerprint density at radius 1 is 1.00 bits per heavy atom. The van der Waals surface area contributed by atoms with Gasteiger partial charge in [0.2, 0.25) is 0 Å². The number of nitrogens with zero attached hydrogens (tertiary/aromatic N) is 2. The van der Waals surface area contributed by atoms with E-state index in [9.17, 15) is 4.79 Å². The van der Waals surface area contributed by atoms with Gasteiger partial charge >= 0.3 is 0 Å². The molecule has 0 unspecified atom stereocenters. The summed E-state index contributed by atoms with van der Waals surface area (Å²) in [5.74, 6) is -0.265. The summed E-state index contributed by atoms with van der Waals surface area (Å²) in [6.07, 6.45) is 1.62. The fraction of sp³-hybridized carbons (Fsp3) is 0.0417. The number of benzene rings is 3. The monoisotopic (exact) mass is 446 g/mol. The highest BCUT2D eigenvalue weighted by Gasteiger charge is 2.08. The molecule has 0 spiro atoms. The number of rotatable bonds is 6. The quantitative estimate of drug-likeness (QED) is 0.270. The van der Waals surface area contributed by atoms with Crippen LogP contribution in [0.5, 0.6) is 0 Å². The van der Waals surface area contributed by atoms with Crippen LogP contribution in [0.25, 0.3) is 11.3 Å². The summed E-state index contributed by atoms with van der Waals surface area (Å²) in [5.41, 5.74) is 7.87. The lowest BCUT2D eigenvalue weighted by atomic mass is 10.1. The lowest BCUT2D eigenvalue weighted by Gasteiger charge is -2.03. The fourth-order valence-electron chi connectivity index (χ4n) is 2.80. The van der Waals surface area contributed by atoms with Crippen LogP contribution in [-0.2, 0) is 0 Å². The van der Waals surface area contributed by atoms with Gasteiger partial charge in [-0.2, -0.15) is 5.10 Å². The van der Waals surface area contributed by atoms with E-state index in [2.05, 4.69) is 20.8 Å². The standard InChI is InChI=1S/C24H19ClN4OS/c1-16-2-4-17(5-3-16)14-26-29-23(30)19-8-6-18(7-9-19)22-15-31-24(28-22)27-21-12-10-20(25)11-13-21/h2-15H,1H3,(H,27,28)(H,29,30)/b26-14-. The number of halogens is 1. The van der Waals surface area contributed by atoms with Gasteiger partial charge in [0.05, 0.1) is 11.9 Å². The van der Waals surface area contributed by atoms with E-state index < -0.39 is 0 Å². The highest BCUT2D eigenvalue weighted by atomic mass is 35.5. The molecule has 3 aromatic carbocycles. The van der Waals surface area contributed by atoms with Gasteiger partial charge in [-0.3, -0.25) is 4.79 Å². The van der Waals surface area contributed by atoms with Crippen molar-refractivity contribution < 1.29 is 4.79 Å². The zero-order chi connectivity index (χ0) is 21.6. The minimum absolute atomic E-state index is 0.265. The Balaban J connectivity index is 1.37. The first-order valence-corrected chi connectivity index (χ1v) is 10.8. The van der Waals surface area contributed by atoms with E-state index in [1.54, 1.807) is 18.3 Å². The Kier molecular flexibility index (Phi) is 6.40. The maximum absolute atomic E-state index is 12.3. The smallest absolute Gasteiger partial charge is 0.271 e. The second-order valence-corrected chi connectivity index (χ2v) is 8.15. The summed E-state index contributed by atoms with van der Waals surface area (Å²) in [6, 6.07) is 22.6. The molecule has 0 saturated heterocycles. The van der Waals surface area contributed by atoms with Crippen molar-refractivity contribution in [3.05, 3.63) is 99.9 Å². The van der Waals surface area contributed by atoms with E-state index in [0.717, 1.165) is 27.6 Å². The largest absolute Gasteiger partial charge is 0.332 e. The van der Waals surface area contributed by atoms with Gasteiger partial charge in [-0.1, -0.05) is 53.6 Å². The van der Waals surface area contributed by atoms with Crippen LogP contribution in [0.3, 0.4) is 0 Å². The molecule has 4 rings (SSSR count). The molecule has 0 aliphatic rings. The van der Waals surface area contributed by atoms with Gasteiger partial charge in [0.15, 0.2) is 5.13 Å². The summed E-state index contributed by atoms with van der Waals surface area (Å²) < 4.78 is 0. The topological polar surface area (TPSA) is 66.4 Å². The molecule has 1 aromatic heterocycles. The lowest BCUT2D eigenvalue weighted by molar-refractivity contribution is 0.0955. The average Bonchev–Trinajstić information content (AvgIpc) is 3.25. The summed E-state index contributed by atoms with van der Waals surface area (Å²) in [6.45, 7) is 2.02. The number of hydrogen-bond acceptors (Lipinski definition) is 5. The molecular weight excluding hydrogens is 428 g/mol. The highest BCUT2D eigenvalue weighted by Crippen LogP contribution is 2.27. The van der Waals surface area contributed by atoms with E-state index in [1.807, 2.05) is 73.0 Å². The second kappa shape index (κ2) is 9.55. The predicted octanol–water partition coefficient (Wildman–Crippen LogP) is 6.28. The molecule has 154 valence electrons. The number of hydrazone groups is 1. The summed E-state index contributed by atoms with van der Waals surface area (Å²) in [4.78, 5) is 16.9. The molecule has 0 aliphatic heterocycles. The van der Waals surface area contributed by atoms with Crippen LogP contribution in [0.1, 0.15) is 21.5 Å². The number of aromatic nitrogens is 1. The molecule has 0 saturated carbocycles. The molecule has 7 heteroatoms. The maximum atomic E-state index is 12.3. The molecule has 0 bridgehead atoms. The minimum atomic E-state index is -0.265. The van der Waals surface area contributed by atoms with Gasteiger partial charge in [0, 0.05) is 27.2 Å². The third-order valence-electron chi connectivity index (χ3n) is 4.50. The molecule has 0 radical (unpaired) electrons. The SMILES string of the molecule is Cc1ccc(/C=N\NC(=O)c2ccc(-c3csc(Nc4ccc(Cl)cc4)n3)cc2)cc1. The Hall–Kier alpha value is -3.48. The van der Waals surface area contributed by atoms with E-state index in [1.165, 1.54) is 16.9 Å². The Morgan fingerprint density at radius 2 is 1.71 bits per heavy atom.